The molecule has 1 aromatic carbocycles. The van der Waals surface area contributed by atoms with Crippen molar-refractivity contribution < 1.29 is 9.53 Å². The Morgan fingerprint density at radius 1 is 1.58 bits per heavy atom. The van der Waals surface area contributed by atoms with Crippen LogP contribution in [0.4, 0.5) is 5.69 Å². The second kappa shape index (κ2) is 6.82. The first-order chi connectivity index (χ1) is 9.16. The number of rotatable bonds is 5. The van der Waals surface area contributed by atoms with Gasteiger partial charge in [0.15, 0.2) is 0 Å². The van der Waals surface area contributed by atoms with Gasteiger partial charge in [-0.3, -0.25) is 4.79 Å². The Hall–Kier alpha value is -1.20. The Morgan fingerprint density at radius 2 is 2.42 bits per heavy atom. The number of nitrogen functional groups attached to an aromatic ring is 1. The number of carbonyl (C=O) groups is 1. The molecule has 0 aliphatic carbocycles. The molecule has 0 radical (unpaired) electrons. The van der Waals surface area contributed by atoms with E-state index in [0.717, 1.165) is 35.6 Å². The molecule has 104 valence electrons. The standard InChI is InChI=1S/C14H20N2O2S/c1-10-4-2-6-12(14(10)15)19-9-13(17)16-8-11-5-3-7-18-11/h2,4,6,11H,3,5,7-9,15H2,1H3,(H,16,17). The molecule has 1 aliphatic rings. The molecule has 1 saturated heterocycles. The molecule has 1 fully saturated rings. The number of aryl methyl sites for hydroxylation is 1. The molecule has 1 atom stereocenters. The van der Waals surface area contributed by atoms with E-state index < -0.39 is 0 Å². The van der Waals surface area contributed by atoms with Crippen molar-refractivity contribution in [1.29, 1.82) is 0 Å². The summed E-state index contributed by atoms with van der Waals surface area (Å²) in [5.41, 5.74) is 7.78. The molecule has 0 bridgehead atoms. The van der Waals surface area contributed by atoms with Crippen molar-refractivity contribution in [1.82, 2.24) is 5.32 Å². The highest BCUT2D eigenvalue weighted by molar-refractivity contribution is 8.00. The average molecular weight is 280 g/mol. The van der Waals surface area contributed by atoms with Crippen LogP contribution in [0.25, 0.3) is 0 Å². The van der Waals surface area contributed by atoms with Gasteiger partial charge in [0.1, 0.15) is 0 Å². The van der Waals surface area contributed by atoms with E-state index in [-0.39, 0.29) is 12.0 Å². The van der Waals surface area contributed by atoms with Gasteiger partial charge in [0.25, 0.3) is 0 Å². The van der Waals surface area contributed by atoms with Crippen LogP contribution in [0.5, 0.6) is 0 Å². The molecule has 19 heavy (non-hydrogen) atoms. The third kappa shape index (κ3) is 4.14. The van der Waals surface area contributed by atoms with E-state index in [1.54, 1.807) is 0 Å². The number of nitrogens with two attached hydrogens (primary N) is 1. The highest BCUT2D eigenvalue weighted by Crippen LogP contribution is 2.27. The van der Waals surface area contributed by atoms with Crippen molar-refractivity contribution in [2.75, 3.05) is 24.6 Å². The molecule has 1 amide bonds. The predicted molar refractivity (Wildman–Crippen MR) is 78.3 cm³/mol. The molecule has 1 aliphatic heterocycles. The average Bonchev–Trinajstić information content (AvgIpc) is 2.91. The first-order valence-corrected chi connectivity index (χ1v) is 7.51. The maximum Gasteiger partial charge on any atom is 0.230 e. The number of thioether (sulfide) groups is 1. The SMILES string of the molecule is Cc1cccc(SCC(=O)NCC2CCCO2)c1N. The van der Waals surface area contributed by atoms with Crippen LogP contribution in [0, 0.1) is 6.92 Å². The molecule has 3 N–H and O–H groups in total. The molecule has 1 aromatic rings. The van der Waals surface area contributed by atoms with Gasteiger partial charge in [0.05, 0.1) is 11.9 Å². The van der Waals surface area contributed by atoms with Crippen LogP contribution in [0.2, 0.25) is 0 Å². The zero-order valence-corrected chi connectivity index (χ0v) is 12.0. The molecular weight excluding hydrogens is 260 g/mol. The lowest BCUT2D eigenvalue weighted by atomic mass is 10.2. The van der Waals surface area contributed by atoms with E-state index in [0.29, 0.717) is 12.3 Å². The summed E-state index contributed by atoms with van der Waals surface area (Å²) in [5, 5.41) is 2.90. The lowest BCUT2D eigenvalue weighted by Gasteiger charge is -2.11. The number of benzene rings is 1. The Labute approximate surface area is 118 Å². The van der Waals surface area contributed by atoms with E-state index in [2.05, 4.69) is 5.32 Å². The zero-order chi connectivity index (χ0) is 13.7. The maximum atomic E-state index is 11.7. The summed E-state index contributed by atoms with van der Waals surface area (Å²) in [6.45, 7) is 3.40. The summed E-state index contributed by atoms with van der Waals surface area (Å²) < 4.78 is 5.46. The van der Waals surface area contributed by atoms with Gasteiger partial charge in [0.2, 0.25) is 5.91 Å². The summed E-state index contributed by atoms with van der Waals surface area (Å²) in [6, 6.07) is 5.87. The maximum absolute atomic E-state index is 11.7. The van der Waals surface area contributed by atoms with Crippen LogP contribution in [-0.2, 0) is 9.53 Å². The number of anilines is 1. The quantitative estimate of drug-likeness (QED) is 0.639. The van der Waals surface area contributed by atoms with Crippen LogP contribution in [0.3, 0.4) is 0 Å². The van der Waals surface area contributed by atoms with E-state index in [9.17, 15) is 4.79 Å². The predicted octanol–water partition coefficient (Wildman–Crippen LogP) is 1.96. The summed E-state index contributed by atoms with van der Waals surface area (Å²) in [4.78, 5) is 12.7. The number of nitrogens with one attached hydrogen (secondary N) is 1. The Kier molecular flexibility index (Phi) is 5.10. The topological polar surface area (TPSA) is 64.3 Å². The third-order valence-corrected chi connectivity index (χ3v) is 4.27. The normalized spacial score (nSPS) is 18.5. The number of hydrogen-bond donors (Lipinski definition) is 2. The van der Waals surface area contributed by atoms with Gasteiger partial charge in [-0.25, -0.2) is 0 Å². The van der Waals surface area contributed by atoms with Gasteiger partial charge in [-0.1, -0.05) is 12.1 Å². The molecule has 1 unspecified atom stereocenters. The lowest BCUT2D eigenvalue weighted by molar-refractivity contribution is -0.119. The lowest BCUT2D eigenvalue weighted by Crippen LogP contribution is -2.32. The molecule has 4 nitrogen and oxygen atoms in total. The van der Waals surface area contributed by atoms with Crippen LogP contribution >= 0.6 is 11.8 Å². The molecule has 0 aromatic heterocycles. The van der Waals surface area contributed by atoms with E-state index in [1.165, 1.54) is 11.8 Å². The summed E-state index contributed by atoms with van der Waals surface area (Å²) >= 11 is 1.47. The van der Waals surface area contributed by atoms with Crippen LogP contribution in [0.15, 0.2) is 23.1 Å². The van der Waals surface area contributed by atoms with Crippen molar-refractivity contribution in [3.63, 3.8) is 0 Å². The number of ether oxygens (including phenoxy) is 1. The van der Waals surface area contributed by atoms with Crippen molar-refractivity contribution in [2.24, 2.45) is 0 Å². The molecule has 0 spiro atoms. The smallest absolute Gasteiger partial charge is 0.230 e. The van der Waals surface area contributed by atoms with E-state index in [4.69, 9.17) is 10.5 Å². The van der Waals surface area contributed by atoms with Crippen molar-refractivity contribution >= 4 is 23.4 Å². The van der Waals surface area contributed by atoms with Crippen LogP contribution < -0.4 is 11.1 Å². The largest absolute Gasteiger partial charge is 0.398 e. The van der Waals surface area contributed by atoms with Gasteiger partial charge >= 0.3 is 0 Å². The van der Waals surface area contributed by atoms with E-state index >= 15 is 0 Å². The Balaban J connectivity index is 1.75. The van der Waals surface area contributed by atoms with Crippen molar-refractivity contribution in [2.45, 2.75) is 30.8 Å². The third-order valence-electron chi connectivity index (χ3n) is 3.19. The minimum absolute atomic E-state index is 0.0291. The Morgan fingerprint density at radius 3 is 3.16 bits per heavy atom. The van der Waals surface area contributed by atoms with Crippen molar-refractivity contribution in [3.05, 3.63) is 23.8 Å². The molecule has 1 heterocycles. The number of carbonyl (C=O) groups excluding carboxylic acids is 1. The second-order valence-corrected chi connectivity index (χ2v) is 5.73. The van der Waals surface area contributed by atoms with Crippen molar-refractivity contribution in [3.8, 4) is 0 Å². The highest BCUT2D eigenvalue weighted by Gasteiger charge is 2.16. The van der Waals surface area contributed by atoms with Crippen LogP contribution in [-0.4, -0.2) is 30.9 Å². The molecule has 0 saturated carbocycles. The minimum Gasteiger partial charge on any atom is -0.398 e. The van der Waals surface area contributed by atoms with E-state index in [1.807, 2.05) is 25.1 Å². The fourth-order valence-electron chi connectivity index (χ4n) is 2.01. The summed E-state index contributed by atoms with van der Waals surface area (Å²) in [7, 11) is 0. The first kappa shape index (κ1) is 14.2. The minimum atomic E-state index is 0.0291. The van der Waals surface area contributed by atoms with Gasteiger partial charge in [-0.05, 0) is 31.4 Å². The fraction of sp³-hybridized carbons (Fsp3) is 0.500. The zero-order valence-electron chi connectivity index (χ0n) is 11.1. The number of para-hydroxylation sites is 1. The number of amides is 1. The fourth-order valence-corrected chi connectivity index (χ4v) is 2.89. The second-order valence-electron chi connectivity index (χ2n) is 4.71. The summed E-state index contributed by atoms with van der Waals surface area (Å²) in [6.07, 6.45) is 2.32. The molecule has 2 rings (SSSR count). The first-order valence-electron chi connectivity index (χ1n) is 6.53. The van der Waals surface area contributed by atoms with Gasteiger partial charge < -0.3 is 15.8 Å². The number of hydrogen-bond acceptors (Lipinski definition) is 4. The molecular formula is C14H20N2O2S. The van der Waals surface area contributed by atoms with Gasteiger partial charge in [-0.15, -0.1) is 11.8 Å². The van der Waals surface area contributed by atoms with Crippen LogP contribution in [0.1, 0.15) is 18.4 Å². The molecule has 5 heteroatoms. The Bertz CT molecular complexity index is 445. The monoisotopic (exact) mass is 280 g/mol. The summed E-state index contributed by atoms with van der Waals surface area (Å²) in [5.74, 6) is 0.418. The highest BCUT2D eigenvalue weighted by atomic mass is 32.2. The van der Waals surface area contributed by atoms with Gasteiger partial charge in [-0.2, -0.15) is 0 Å². The van der Waals surface area contributed by atoms with Gasteiger partial charge in [0, 0.05) is 23.7 Å².